The molecular weight excluding hydrogens is 276 g/mol. The van der Waals surface area contributed by atoms with Crippen molar-refractivity contribution in [3.05, 3.63) is 71.3 Å². The minimum atomic E-state index is -0.387. The zero-order chi connectivity index (χ0) is 15.7. The van der Waals surface area contributed by atoms with Crippen molar-refractivity contribution in [2.75, 3.05) is 0 Å². The van der Waals surface area contributed by atoms with Gasteiger partial charge in [0.25, 0.3) is 0 Å². The Labute approximate surface area is 128 Å². The molecule has 0 radical (unpaired) electrons. The number of fused-ring (bicyclic) bond motifs is 1. The Kier molecular flexibility index (Phi) is 3.55. The number of carbonyl (C=O) groups excluding carboxylic acids is 1. The largest absolute Gasteiger partial charge is 0.508 e. The van der Waals surface area contributed by atoms with E-state index in [1.807, 2.05) is 32.0 Å². The van der Waals surface area contributed by atoms with Gasteiger partial charge in [0, 0.05) is 0 Å². The monoisotopic (exact) mass is 292 g/mol. The van der Waals surface area contributed by atoms with Crippen molar-refractivity contribution in [1.82, 2.24) is 0 Å². The van der Waals surface area contributed by atoms with Crippen LogP contribution in [0.1, 0.15) is 21.5 Å². The Bertz CT molecular complexity index is 866. The normalized spacial score (nSPS) is 10.6. The highest BCUT2D eigenvalue weighted by Crippen LogP contribution is 2.23. The molecule has 3 heteroatoms. The molecule has 0 aromatic heterocycles. The van der Waals surface area contributed by atoms with Crippen LogP contribution in [0.25, 0.3) is 10.8 Å². The lowest BCUT2D eigenvalue weighted by atomic mass is 10.1. The molecule has 22 heavy (non-hydrogen) atoms. The van der Waals surface area contributed by atoms with E-state index in [4.69, 9.17) is 4.74 Å². The van der Waals surface area contributed by atoms with Gasteiger partial charge in [0.05, 0.1) is 5.56 Å². The maximum atomic E-state index is 12.3. The van der Waals surface area contributed by atoms with Gasteiger partial charge in [-0.05, 0) is 60.5 Å². The van der Waals surface area contributed by atoms with Gasteiger partial charge in [0.2, 0.25) is 0 Å². The lowest BCUT2D eigenvalue weighted by Crippen LogP contribution is -2.09. The van der Waals surface area contributed by atoms with Crippen LogP contribution in [0.2, 0.25) is 0 Å². The lowest BCUT2D eigenvalue weighted by Gasteiger charge is -2.09. The van der Waals surface area contributed by atoms with Crippen molar-refractivity contribution < 1.29 is 14.6 Å². The van der Waals surface area contributed by atoms with E-state index in [9.17, 15) is 9.90 Å². The fourth-order valence-corrected chi connectivity index (χ4v) is 2.43. The summed E-state index contributed by atoms with van der Waals surface area (Å²) >= 11 is 0. The molecule has 0 aliphatic heterocycles. The van der Waals surface area contributed by atoms with Crippen molar-refractivity contribution in [1.29, 1.82) is 0 Å². The third-order valence-electron chi connectivity index (χ3n) is 3.59. The van der Waals surface area contributed by atoms with Crippen LogP contribution in [-0.2, 0) is 0 Å². The van der Waals surface area contributed by atoms with Gasteiger partial charge in [-0.2, -0.15) is 0 Å². The lowest BCUT2D eigenvalue weighted by molar-refractivity contribution is 0.0733. The smallest absolute Gasteiger partial charge is 0.343 e. The maximum absolute atomic E-state index is 12.3. The minimum absolute atomic E-state index is 0.207. The highest BCUT2D eigenvalue weighted by Gasteiger charge is 2.11. The first-order chi connectivity index (χ1) is 10.5. The molecule has 0 bridgehead atoms. The number of rotatable bonds is 2. The molecule has 0 unspecified atom stereocenters. The van der Waals surface area contributed by atoms with Crippen LogP contribution in [0.5, 0.6) is 11.5 Å². The number of phenolic OH excluding ortho intramolecular Hbond substituents is 1. The molecule has 0 saturated heterocycles. The van der Waals surface area contributed by atoms with Crippen LogP contribution in [0.3, 0.4) is 0 Å². The van der Waals surface area contributed by atoms with Gasteiger partial charge in [0.15, 0.2) is 0 Å². The van der Waals surface area contributed by atoms with Gasteiger partial charge < -0.3 is 9.84 Å². The number of carbonyl (C=O) groups is 1. The van der Waals surface area contributed by atoms with Crippen LogP contribution in [0.4, 0.5) is 0 Å². The van der Waals surface area contributed by atoms with Crippen molar-refractivity contribution in [3.63, 3.8) is 0 Å². The van der Waals surface area contributed by atoms with Gasteiger partial charge in [-0.1, -0.05) is 29.8 Å². The molecule has 0 spiro atoms. The van der Waals surface area contributed by atoms with Gasteiger partial charge in [-0.15, -0.1) is 0 Å². The van der Waals surface area contributed by atoms with Crippen LogP contribution in [-0.4, -0.2) is 11.1 Å². The van der Waals surface area contributed by atoms with Crippen LogP contribution in [0.15, 0.2) is 54.6 Å². The predicted octanol–water partition coefficient (Wildman–Crippen LogP) is 4.38. The quantitative estimate of drug-likeness (QED) is 0.563. The van der Waals surface area contributed by atoms with E-state index in [1.54, 1.807) is 36.4 Å². The summed E-state index contributed by atoms with van der Waals surface area (Å²) in [5, 5.41) is 11.2. The first kappa shape index (κ1) is 14.1. The molecule has 0 saturated carbocycles. The van der Waals surface area contributed by atoms with Crippen LogP contribution >= 0.6 is 0 Å². The summed E-state index contributed by atoms with van der Waals surface area (Å²) < 4.78 is 5.47. The van der Waals surface area contributed by atoms with Crippen LogP contribution in [0, 0.1) is 13.8 Å². The number of hydrogen-bond donors (Lipinski definition) is 1. The van der Waals surface area contributed by atoms with Gasteiger partial charge in [-0.3, -0.25) is 0 Å². The molecule has 0 heterocycles. The molecule has 3 nitrogen and oxygen atoms in total. The van der Waals surface area contributed by atoms with Crippen molar-refractivity contribution in [3.8, 4) is 11.5 Å². The zero-order valence-corrected chi connectivity index (χ0v) is 12.5. The van der Waals surface area contributed by atoms with Gasteiger partial charge in [0.1, 0.15) is 11.5 Å². The van der Waals surface area contributed by atoms with E-state index >= 15 is 0 Å². The highest BCUT2D eigenvalue weighted by atomic mass is 16.5. The summed E-state index contributed by atoms with van der Waals surface area (Å²) in [5.41, 5.74) is 2.54. The maximum Gasteiger partial charge on any atom is 0.343 e. The number of aromatic hydroxyl groups is 1. The topological polar surface area (TPSA) is 46.5 Å². The second kappa shape index (κ2) is 5.53. The van der Waals surface area contributed by atoms with E-state index in [1.165, 1.54) is 0 Å². The molecule has 3 aromatic rings. The average molecular weight is 292 g/mol. The average Bonchev–Trinajstić information content (AvgIpc) is 2.49. The van der Waals surface area contributed by atoms with E-state index in [0.29, 0.717) is 11.3 Å². The van der Waals surface area contributed by atoms with E-state index in [-0.39, 0.29) is 11.7 Å². The van der Waals surface area contributed by atoms with Gasteiger partial charge >= 0.3 is 5.97 Å². The molecule has 1 N–H and O–H groups in total. The van der Waals surface area contributed by atoms with E-state index in [0.717, 1.165) is 21.9 Å². The second-order valence-corrected chi connectivity index (χ2v) is 5.40. The number of hydrogen-bond acceptors (Lipinski definition) is 3. The number of phenols is 1. The summed E-state index contributed by atoms with van der Waals surface area (Å²) in [7, 11) is 0. The number of benzene rings is 3. The molecule has 3 rings (SSSR count). The Hall–Kier alpha value is -2.81. The summed E-state index contributed by atoms with van der Waals surface area (Å²) in [4.78, 5) is 12.3. The Balaban J connectivity index is 1.90. The summed E-state index contributed by atoms with van der Waals surface area (Å²) in [6.45, 7) is 3.91. The molecular formula is C19H16O3. The molecule has 0 atom stereocenters. The number of esters is 1. The third-order valence-corrected chi connectivity index (χ3v) is 3.59. The molecule has 0 amide bonds. The van der Waals surface area contributed by atoms with Crippen molar-refractivity contribution >= 4 is 16.7 Å². The first-order valence-corrected chi connectivity index (χ1v) is 7.05. The van der Waals surface area contributed by atoms with Crippen molar-refractivity contribution in [2.24, 2.45) is 0 Å². The molecule has 0 fully saturated rings. The third kappa shape index (κ3) is 2.79. The van der Waals surface area contributed by atoms with E-state index < -0.39 is 0 Å². The molecule has 3 aromatic carbocycles. The van der Waals surface area contributed by atoms with E-state index in [2.05, 4.69) is 0 Å². The highest BCUT2D eigenvalue weighted by molar-refractivity contribution is 5.96. The molecule has 110 valence electrons. The second-order valence-electron chi connectivity index (χ2n) is 5.40. The number of aryl methyl sites for hydroxylation is 2. The fraction of sp³-hybridized carbons (Fsp3) is 0.105. The molecule has 0 aliphatic rings. The van der Waals surface area contributed by atoms with Gasteiger partial charge in [-0.25, -0.2) is 4.79 Å². The summed E-state index contributed by atoms with van der Waals surface area (Å²) in [6, 6.07) is 16.0. The molecule has 0 aliphatic carbocycles. The minimum Gasteiger partial charge on any atom is -0.508 e. The Morgan fingerprint density at radius 3 is 2.41 bits per heavy atom. The Morgan fingerprint density at radius 2 is 1.64 bits per heavy atom. The van der Waals surface area contributed by atoms with Crippen LogP contribution < -0.4 is 4.74 Å². The Morgan fingerprint density at radius 1 is 0.909 bits per heavy atom. The summed E-state index contributed by atoms with van der Waals surface area (Å²) in [5.74, 6) is 0.390. The van der Waals surface area contributed by atoms with Crippen molar-refractivity contribution in [2.45, 2.75) is 13.8 Å². The fourth-order valence-electron chi connectivity index (χ4n) is 2.43. The standard InChI is InChI=1S/C19H16O3/c1-12-3-8-18(13(2)9-12)22-19(21)16-5-4-15-11-17(20)7-6-14(15)10-16/h3-11,20H,1-2H3. The first-order valence-electron chi connectivity index (χ1n) is 7.05. The SMILES string of the molecule is Cc1ccc(OC(=O)c2ccc3cc(O)ccc3c2)c(C)c1. The number of ether oxygens (including phenoxy) is 1. The predicted molar refractivity (Wildman–Crippen MR) is 86.5 cm³/mol. The zero-order valence-electron chi connectivity index (χ0n) is 12.5. The summed E-state index contributed by atoms with van der Waals surface area (Å²) in [6.07, 6.45) is 0.